The molecule has 204 valence electrons. The molecule has 2 fully saturated rings. The number of aromatic nitrogens is 3. The average molecular weight is 537 g/mol. The molecule has 0 bridgehead atoms. The molecule has 0 unspecified atom stereocenters. The summed E-state index contributed by atoms with van der Waals surface area (Å²) in [6.07, 6.45) is 7.91. The quantitative estimate of drug-likeness (QED) is 0.283. The Morgan fingerprint density at radius 1 is 1.00 bits per heavy atom. The van der Waals surface area contributed by atoms with Gasteiger partial charge in [-0.3, -0.25) is 9.59 Å². The van der Waals surface area contributed by atoms with Gasteiger partial charge in [-0.2, -0.15) is 0 Å². The fraction of sp³-hybridized carbons (Fsp3) is 0.344. The van der Waals surface area contributed by atoms with Crippen molar-refractivity contribution < 1.29 is 19.5 Å². The molecule has 2 amide bonds. The number of aryl methyl sites for hydroxylation is 1. The van der Waals surface area contributed by atoms with E-state index in [-0.39, 0.29) is 29.2 Å². The van der Waals surface area contributed by atoms with E-state index in [1.54, 1.807) is 18.3 Å². The summed E-state index contributed by atoms with van der Waals surface area (Å²) in [4.78, 5) is 48.9. The summed E-state index contributed by atoms with van der Waals surface area (Å²) in [7, 11) is 0. The number of rotatable bonds is 8. The van der Waals surface area contributed by atoms with Gasteiger partial charge < -0.3 is 9.67 Å². The third kappa shape index (κ3) is 4.57. The van der Waals surface area contributed by atoms with Gasteiger partial charge in [0.25, 0.3) is 0 Å². The van der Waals surface area contributed by atoms with Crippen molar-refractivity contribution in [2.75, 3.05) is 4.90 Å². The molecule has 40 heavy (non-hydrogen) atoms. The number of pyridine rings is 1. The number of carboxylic acid groups (broad SMARTS) is 1. The van der Waals surface area contributed by atoms with Crippen LogP contribution >= 0.6 is 0 Å². The van der Waals surface area contributed by atoms with Crippen molar-refractivity contribution >= 4 is 34.6 Å². The van der Waals surface area contributed by atoms with E-state index < -0.39 is 5.97 Å². The zero-order valence-electron chi connectivity index (χ0n) is 22.5. The summed E-state index contributed by atoms with van der Waals surface area (Å²) >= 11 is 0. The first-order valence-electron chi connectivity index (χ1n) is 14.1. The molecule has 0 spiro atoms. The van der Waals surface area contributed by atoms with Crippen molar-refractivity contribution in [1.82, 2.24) is 14.5 Å². The predicted octanol–water partition coefficient (Wildman–Crippen LogP) is 5.87. The van der Waals surface area contributed by atoms with Crippen LogP contribution in [0.2, 0.25) is 0 Å². The van der Waals surface area contributed by atoms with E-state index in [2.05, 4.69) is 16.5 Å². The minimum Gasteiger partial charge on any atom is -0.478 e. The Balaban J connectivity index is 1.35. The minimum atomic E-state index is -0.956. The van der Waals surface area contributed by atoms with Gasteiger partial charge in [-0.25, -0.2) is 19.7 Å². The second kappa shape index (κ2) is 10.7. The monoisotopic (exact) mass is 536 g/mol. The van der Waals surface area contributed by atoms with E-state index in [0.29, 0.717) is 23.4 Å². The molecular weight excluding hydrogens is 504 g/mol. The van der Waals surface area contributed by atoms with E-state index in [4.69, 9.17) is 4.98 Å². The van der Waals surface area contributed by atoms with Gasteiger partial charge in [-0.15, -0.1) is 0 Å². The maximum Gasteiger partial charge on any atom is 0.336 e. The highest BCUT2D eigenvalue weighted by molar-refractivity contribution is 6.22. The van der Waals surface area contributed by atoms with Crippen LogP contribution in [-0.2, 0) is 22.6 Å². The maximum absolute atomic E-state index is 13.2. The molecule has 2 atom stereocenters. The van der Waals surface area contributed by atoms with Crippen LogP contribution in [0.5, 0.6) is 0 Å². The Morgan fingerprint density at radius 2 is 1.70 bits per heavy atom. The Labute approximate surface area is 232 Å². The van der Waals surface area contributed by atoms with Gasteiger partial charge >= 0.3 is 5.97 Å². The Bertz CT molecular complexity index is 1580. The lowest BCUT2D eigenvalue weighted by Crippen LogP contribution is -2.31. The first kappa shape index (κ1) is 25.9. The molecule has 8 heteroatoms. The number of nitrogens with zero attached hydrogens (tertiary/aromatic N) is 4. The predicted molar refractivity (Wildman–Crippen MR) is 152 cm³/mol. The second-order valence-corrected chi connectivity index (χ2v) is 10.8. The molecule has 1 saturated heterocycles. The highest BCUT2D eigenvalue weighted by Crippen LogP contribution is 2.40. The number of hydrogen-bond acceptors (Lipinski definition) is 5. The number of carbonyl (C=O) groups is 3. The summed E-state index contributed by atoms with van der Waals surface area (Å²) in [6, 6.07) is 16.7. The first-order valence-corrected chi connectivity index (χ1v) is 14.1. The lowest BCUT2D eigenvalue weighted by molar-refractivity contribution is -0.122. The van der Waals surface area contributed by atoms with Gasteiger partial charge in [0.05, 0.1) is 34.8 Å². The van der Waals surface area contributed by atoms with Gasteiger partial charge in [0.2, 0.25) is 11.8 Å². The van der Waals surface area contributed by atoms with Gasteiger partial charge in [-0.05, 0) is 48.1 Å². The highest BCUT2D eigenvalue weighted by Gasteiger charge is 2.48. The van der Waals surface area contributed by atoms with E-state index in [9.17, 15) is 19.5 Å². The summed E-state index contributed by atoms with van der Waals surface area (Å²) < 4.78 is 2.12. The fourth-order valence-electron chi connectivity index (χ4n) is 6.18. The molecule has 1 aliphatic carbocycles. The normalized spacial score (nSPS) is 18.9. The zero-order chi connectivity index (χ0) is 27.8. The Kier molecular flexibility index (Phi) is 6.92. The SMILES string of the molecule is CCCCc1nc2ncc(N3C(=O)[C@H]4CCCC[C@H]4C3=O)cc2n1Cc1ccc(-c2ccccc2C(=O)O)cc1. The molecule has 1 N–H and O–H groups in total. The van der Waals surface area contributed by atoms with Crippen molar-refractivity contribution in [2.24, 2.45) is 11.8 Å². The maximum atomic E-state index is 13.2. The van der Waals surface area contributed by atoms with Crippen molar-refractivity contribution in [3.8, 4) is 11.1 Å². The topological polar surface area (TPSA) is 105 Å². The molecule has 2 aromatic carbocycles. The number of anilines is 1. The van der Waals surface area contributed by atoms with Crippen molar-refractivity contribution in [1.29, 1.82) is 0 Å². The van der Waals surface area contributed by atoms with Crippen LogP contribution in [0, 0.1) is 11.8 Å². The number of fused-ring (bicyclic) bond motifs is 2. The summed E-state index contributed by atoms with van der Waals surface area (Å²) in [5.74, 6) is -0.689. The first-order chi connectivity index (χ1) is 19.5. The Morgan fingerprint density at radius 3 is 2.38 bits per heavy atom. The van der Waals surface area contributed by atoms with Crippen LogP contribution in [0.4, 0.5) is 5.69 Å². The van der Waals surface area contributed by atoms with Gasteiger partial charge in [0, 0.05) is 13.0 Å². The van der Waals surface area contributed by atoms with Crippen LogP contribution in [0.3, 0.4) is 0 Å². The molecule has 1 saturated carbocycles. The largest absolute Gasteiger partial charge is 0.478 e. The second-order valence-electron chi connectivity index (χ2n) is 10.8. The highest BCUT2D eigenvalue weighted by atomic mass is 16.4. The molecule has 2 aromatic heterocycles. The number of carbonyl (C=O) groups excluding carboxylic acids is 2. The van der Waals surface area contributed by atoms with Gasteiger partial charge in [-0.1, -0.05) is 68.7 Å². The number of unbranched alkanes of at least 4 members (excludes halogenated alkanes) is 1. The lowest BCUT2D eigenvalue weighted by atomic mass is 9.81. The van der Waals surface area contributed by atoms with E-state index in [1.807, 2.05) is 42.5 Å². The molecule has 2 aliphatic rings. The number of aromatic carboxylic acids is 1. The zero-order valence-corrected chi connectivity index (χ0v) is 22.5. The number of hydrogen-bond donors (Lipinski definition) is 1. The number of imidazole rings is 1. The summed E-state index contributed by atoms with van der Waals surface area (Å²) in [5.41, 5.74) is 4.70. The summed E-state index contributed by atoms with van der Waals surface area (Å²) in [5, 5.41) is 9.59. The molecule has 1 aliphatic heterocycles. The molecule has 6 rings (SSSR count). The smallest absolute Gasteiger partial charge is 0.336 e. The van der Waals surface area contributed by atoms with Crippen LogP contribution in [0.1, 0.15) is 67.2 Å². The van der Waals surface area contributed by atoms with Crippen molar-refractivity contribution in [2.45, 2.75) is 58.4 Å². The van der Waals surface area contributed by atoms with Crippen LogP contribution in [0.15, 0.2) is 60.8 Å². The fourth-order valence-corrected chi connectivity index (χ4v) is 6.18. The van der Waals surface area contributed by atoms with Crippen LogP contribution in [0.25, 0.3) is 22.3 Å². The number of amides is 2. The molecule has 4 aromatic rings. The third-order valence-electron chi connectivity index (χ3n) is 8.29. The number of carboxylic acids is 1. The lowest BCUT2D eigenvalue weighted by Gasteiger charge is -2.19. The summed E-state index contributed by atoms with van der Waals surface area (Å²) in [6.45, 7) is 2.68. The van der Waals surface area contributed by atoms with Crippen LogP contribution in [-0.4, -0.2) is 37.4 Å². The third-order valence-corrected chi connectivity index (χ3v) is 8.29. The minimum absolute atomic E-state index is 0.106. The molecular formula is C32H32N4O4. The van der Waals surface area contributed by atoms with E-state index in [1.165, 1.54) is 4.90 Å². The van der Waals surface area contributed by atoms with Gasteiger partial charge in [0.15, 0.2) is 5.65 Å². The van der Waals surface area contributed by atoms with E-state index >= 15 is 0 Å². The average Bonchev–Trinajstić information content (AvgIpc) is 3.45. The Hall–Kier alpha value is -4.33. The molecule has 3 heterocycles. The number of imide groups is 1. The molecule has 0 radical (unpaired) electrons. The number of benzene rings is 2. The van der Waals surface area contributed by atoms with Crippen LogP contribution < -0.4 is 4.90 Å². The van der Waals surface area contributed by atoms with Crippen molar-refractivity contribution in [3.05, 3.63) is 77.7 Å². The standard InChI is InChI=1S/C32H32N4O4/c1-2-3-12-28-34-29-27(17-22(18-33-29)36-30(37)24-9-5-6-10-25(24)31(36)38)35(28)19-20-13-15-21(16-14-20)23-8-4-7-11-26(23)32(39)40/h4,7-8,11,13-18,24-25H,2-3,5-6,9-10,12,19H2,1H3,(H,39,40)/t24-,25+. The van der Waals surface area contributed by atoms with E-state index in [0.717, 1.165) is 67.4 Å². The van der Waals surface area contributed by atoms with Gasteiger partial charge in [0.1, 0.15) is 5.82 Å². The molecule has 8 nitrogen and oxygen atoms in total. The van der Waals surface area contributed by atoms with Crippen molar-refractivity contribution in [3.63, 3.8) is 0 Å².